The molecule has 0 amide bonds. The zero-order valence-electron chi connectivity index (χ0n) is 8.82. The quantitative estimate of drug-likeness (QED) is 0.857. The minimum Gasteiger partial charge on any atom is -0.478 e. The van der Waals surface area contributed by atoms with Crippen molar-refractivity contribution in [2.24, 2.45) is 0 Å². The molecule has 0 radical (unpaired) electrons. The summed E-state index contributed by atoms with van der Waals surface area (Å²) in [6, 6.07) is 0. The molecule has 1 aromatic rings. The molecule has 82 valence electrons. The number of thiophene rings is 1. The van der Waals surface area contributed by atoms with Crippen LogP contribution in [0.1, 0.15) is 34.1 Å². The third-order valence-electron chi connectivity index (χ3n) is 2.80. The summed E-state index contributed by atoms with van der Waals surface area (Å²) in [6.45, 7) is 5.21. The molecule has 1 aliphatic heterocycles. The number of fused-ring (bicyclic) bond motifs is 1. The van der Waals surface area contributed by atoms with Crippen molar-refractivity contribution in [1.82, 2.24) is 4.90 Å². The second-order valence-corrected chi connectivity index (χ2v) is 4.85. The number of rotatable bonds is 3. The topological polar surface area (TPSA) is 40.5 Å². The maximum absolute atomic E-state index is 10.9. The van der Waals surface area contributed by atoms with Crippen molar-refractivity contribution in [2.45, 2.75) is 26.3 Å². The van der Waals surface area contributed by atoms with Gasteiger partial charge < -0.3 is 5.11 Å². The Morgan fingerprint density at radius 1 is 1.67 bits per heavy atom. The van der Waals surface area contributed by atoms with Crippen LogP contribution < -0.4 is 0 Å². The van der Waals surface area contributed by atoms with Gasteiger partial charge in [0.1, 0.15) is 0 Å². The third kappa shape index (κ3) is 2.06. The molecule has 1 aromatic heterocycles. The van der Waals surface area contributed by atoms with E-state index in [1.807, 2.05) is 0 Å². The van der Waals surface area contributed by atoms with Gasteiger partial charge in [0.15, 0.2) is 0 Å². The summed E-state index contributed by atoms with van der Waals surface area (Å²) in [5, 5.41) is 10.8. The lowest BCUT2D eigenvalue weighted by atomic mass is 10.0. The number of carboxylic acid groups (broad SMARTS) is 1. The Morgan fingerprint density at radius 2 is 2.47 bits per heavy atom. The number of carboxylic acids is 1. The van der Waals surface area contributed by atoms with Crippen LogP contribution in [0.4, 0.5) is 0 Å². The molecule has 0 saturated heterocycles. The van der Waals surface area contributed by atoms with Crippen molar-refractivity contribution in [3.63, 3.8) is 0 Å². The van der Waals surface area contributed by atoms with Crippen LogP contribution in [-0.4, -0.2) is 29.1 Å². The molecule has 0 aliphatic carbocycles. The standard InChI is InChI=1S/C11H15NO2S/c1-2-4-12-5-3-8-9(11(13)14)7-15-10(8)6-12/h7H,2-6H2,1H3,(H,13,14). The maximum Gasteiger partial charge on any atom is 0.336 e. The molecule has 0 atom stereocenters. The molecular formula is C11H15NO2S. The van der Waals surface area contributed by atoms with Gasteiger partial charge in [0.2, 0.25) is 0 Å². The first-order valence-corrected chi connectivity index (χ1v) is 6.15. The Morgan fingerprint density at radius 3 is 3.13 bits per heavy atom. The van der Waals surface area contributed by atoms with Crippen molar-refractivity contribution in [3.05, 3.63) is 21.4 Å². The molecule has 1 N–H and O–H groups in total. The smallest absolute Gasteiger partial charge is 0.336 e. The number of aromatic carboxylic acids is 1. The molecule has 2 rings (SSSR count). The summed E-state index contributed by atoms with van der Waals surface area (Å²) in [7, 11) is 0. The highest BCUT2D eigenvalue weighted by molar-refractivity contribution is 7.10. The fraction of sp³-hybridized carbons (Fsp3) is 0.545. The highest BCUT2D eigenvalue weighted by Crippen LogP contribution is 2.28. The van der Waals surface area contributed by atoms with E-state index in [1.165, 1.54) is 4.88 Å². The van der Waals surface area contributed by atoms with Gasteiger partial charge in [-0.05, 0) is 24.9 Å². The Bertz CT molecular complexity index is 373. The van der Waals surface area contributed by atoms with Crippen molar-refractivity contribution in [2.75, 3.05) is 13.1 Å². The Hall–Kier alpha value is -0.870. The van der Waals surface area contributed by atoms with Crippen LogP contribution in [0.2, 0.25) is 0 Å². The van der Waals surface area contributed by atoms with Crippen LogP contribution in [-0.2, 0) is 13.0 Å². The molecule has 0 fully saturated rings. The minimum atomic E-state index is -0.781. The number of hydrogen-bond acceptors (Lipinski definition) is 3. The molecule has 15 heavy (non-hydrogen) atoms. The third-order valence-corrected chi connectivity index (χ3v) is 3.81. The predicted molar refractivity (Wildman–Crippen MR) is 60.6 cm³/mol. The highest BCUT2D eigenvalue weighted by atomic mass is 32.1. The van der Waals surface area contributed by atoms with Gasteiger partial charge in [-0.15, -0.1) is 11.3 Å². The van der Waals surface area contributed by atoms with Gasteiger partial charge in [-0.2, -0.15) is 0 Å². The predicted octanol–water partition coefficient (Wildman–Crippen LogP) is 2.21. The second-order valence-electron chi connectivity index (χ2n) is 3.88. The average molecular weight is 225 g/mol. The largest absolute Gasteiger partial charge is 0.478 e. The minimum absolute atomic E-state index is 0.520. The van der Waals surface area contributed by atoms with E-state index in [2.05, 4.69) is 11.8 Å². The van der Waals surface area contributed by atoms with Crippen molar-refractivity contribution in [1.29, 1.82) is 0 Å². The van der Waals surface area contributed by atoms with Crippen LogP contribution in [0.5, 0.6) is 0 Å². The fourth-order valence-corrected chi connectivity index (χ4v) is 3.18. The molecule has 3 nitrogen and oxygen atoms in total. The van der Waals surface area contributed by atoms with E-state index >= 15 is 0 Å². The number of hydrogen-bond donors (Lipinski definition) is 1. The Balaban J connectivity index is 2.18. The van der Waals surface area contributed by atoms with E-state index in [9.17, 15) is 4.79 Å². The molecule has 4 heteroatoms. The van der Waals surface area contributed by atoms with Crippen LogP contribution in [0.3, 0.4) is 0 Å². The monoisotopic (exact) mass is 225 g/mol. The molecule has 0 aromatic carbocycles. The fourth-order valence-electron chi connectivity index (χ4n) is 2.07. The molecule has 0 bridgehead atoms. The van der Waals surface area contributed by atoms with E-state index < -0.39 is 5.97 Å². The second kappa shape index (κ2) is 4.33. The Kier molecular flexibility index (Phi) is 3.07. The molecule has 1 aliphatic rings. The first-order chi connectivity index (χ1) is 7.22. The van der Waals surface area contributed by atoms with Gasteiger partial charge in [0.05, 0.1) is 5.56 Å². The summed E-state index contributed by atoms with van der Waals surface area (Å²) in [5.74, 6) is -0.781. The van der Waals surface area contributed by atoms with E-state index in [1.54, 1.807) is 16.7 Å². The maximum atomic E-state index is 10.9. The van der Waals surface area contributed by atoms with Gasteiger partial charge >= 0.3 is 5.97 Å². The van der Waals surface area contributed by atoms with E-state index in [0.29, 0.717) is 5.56 Å². The van der Waals surface area contributed by atoms with Gasteiger partial charge in [-0.25, -0.2) is 4.79 Å². The highest BCUT2D eigenvalue weighted by Gasteiger charge is 2.22. The normalized spacial score (nSPS) is 16.3. The number of carbonyl (C=O) groups is 1. The van der Waals surface area contributed by atoms with Crippen LogP contribution >= 0.6 is 11.3 Å². The van der Waals surface area contributed by atoms with Crippen molar-refractivity contribution >= 4 is 17.3 Å². The molecular weight excluding hydrogens is 210 g/mol. The summed E-state index contributed by atoms with van der Waals surface area (Å²) in [4.78, 5) is 14.6. The van der Waals surface area contributed by atoms with Gasteiger partial charge in [0.25, 0.3) is 0 Å². The van der Waals surface area contributed by atoms with Crippen molar-refractivity contribution in [3.8, 4) is 0 Å². The SMILES string of the molecule is CCCN1CCc2c(C(=O)O)csc2C1. The lowest BCUT2D eigenvalue weighted by molar-refractivity contribution is 0.0695. The van der Waals surface area contributed by atoms with Crippen LogP contribution in [0, 0.1) is 0 Å². The zero-order valence-corrected chi connectivity index (χ0v) is 9.64. The van der Waals surface area contributed by atoms with Gasteiger partial charge in [-0.3, -0.25) is 4.90 Å². The number of nitrogens with zero attached hydrogens (tertiary/aromatic N) is 1. The molecule has 2 heterocycles. The lowest BCUT2D eigenvalue weighted by Crippen LogP contribution is -2.30. The Labute approximate surface area is 93.3 Å². The summed E-state index contributed by atoms with van der Waals surface area (Å²) in [5.41, 5.74) is 1.59. The summed E-state index contributed by atoms with van der Waals surface area (Å²) in [6.07, 6.45) is 2.05. The summed E-state index contributed by atoms with van der Waals surface area (Å²) < 4.78 is 0. The summed E-state index contributed by atoms with van der Waals surface area (Å²) >= 11 is 1.59. The van der Waals surface area contributed by atoms with E-state index in [4.69, 9.17) is 5.11 Å². The van der Waals surface area contributed by atoms with Gasteiger partial charge in [-0.1, -0.05) is 6.92 Å². The van der Waals surface area contributed by atoms with E-state index in [-0.39, 0.29) is 0 Å². The lowest BCUT2D eigenvalue weighted by Gasteiger charge is -2.26. The zero-order chi connectivity index (χ0) is 10.8. The molecule has 0 saturated carbocycles. The molecule has 0 spiro atoms. The van der Waals surface area contributed by atoms with Gasteiger partial charge in [0, 0.05) is 23.3 Å². The molecule has 0 unspecified atom stereocenters. The first-order valence-electron chi connectivity index (χ1n) is 5.27. The van der Waals surface area contributed by atoms with Crippen LogP contribution in [0.15, 0.2) is 5.38 Å². The van der Waals surface area contributed by atoms with E-state index in [0.717, 1.165) is 38.0 Å². The first kappa shape index (κ1) is 10.6. The van der Waals surface area contributed by atoms with Crippen LogP contribution in [0.25, 0.3) is 0 Å². The average Bonchev–Trinajstić information content (AvgIpc) is 2.61. The van der Waals surface area contributed by atoms with Crippen molar-refractivity contribution < 1.29 is 9.90 Å².